The Kier molecular flexibility index (Phi) is 3.91. The van der Waals surface area contributed by atoms with E-state index < -0.39 is 23.1 Å². The van der Waals surface area contributed by atoms with Crippen molar-refractivity contribution >= 4 is 11.6 Å². The lowest BCUT2D eigenvalue weighted by atomic mass is 10.1. The van der Waals surface area contributed by atoms with Gasteiger partial charge in [0, 0.05) is 19.7 Å². The van der Waals surface area contributed by atoms with E-state index in [1.165, 1.54) is 20.9 Å². The fraction of sp³-hybridized carbons (Fsp3) is 0.417. The average molecular weight is 258 g/mol. The van der Waals surface area contributed by atoms with Crippen LogP contribution in [-0.2, 0) is 0 Å². The molecule has 0 saturated heterocycles. The lowest BCUT2D eigenvalue weighted by Crippen LogP contribution is -2.40. The molecule has 4 nitrogen and oxygen atoms in total. The zero-order valence-corrected chi connectivity index (χ0v) is 10.5. The molecule has 0 atom stereocenters. The van der Waals surface area contributed by atoms with Crippen molar-refractivity contribution in [2.24, 2.45) is 0 Å². The third kappa shape index (κ3) is 3.40. The van der Waals surface area contributed by atoms with E-state index in [0.717, 1.165) is 11.0 Å². The van der Waals surface area contributed by atoms with E-state index in [0.29, 0.717) is 6.07 Å². The molecule has 0 aliphatic rings. The number of hydrogen-bond donors (Lipinski definition) is 2. The quantitative estimate of drug-likeness (QED) is 0.805. The maximum Gasteiger partial charge on any atom is 0.256 e. The highest BCUT2D eigenvalue weighted by atomic mass is 19.1. The number of likely N-dealkylation sites (N-methyl/N-ethyl adjacent to an activating group) is 1. The van der Waals surface area contributed by atoms with Gasteiger partial charge in [0.2, 0.25) is 0 Å². The summed E-state index contributed by atoms with van der Waals surface area (Å²) in [6, 6.07) is 1.52. The number of aliphatic hydroxyl groups is 1. The summed E-state index contributed by atoms with van der Waals surface area (Å²) in [6.45, 7) is 3.06. The standard InChI is InChI=1S/C12H16F2N2O2/c1-12(2,18)6-16(3)11(17)7-4-10(15)9(14)5-8(7)13/h4-5,18H,6,15H2,1-3H3. The molecule has 1 rings (SSSR count). The maximum atomic E-state index is 13.5. The number of halogens is 2. The minimum Gasteiger partial charge on any atom is -0.396 e. The van der Waals surface area contributed by atoms with Crippen LogP contribution in [0.1, 0.15) is 24.2 Å². The summed E-state index contributed by atoms with van der Waals surface area (Å²) in [7, 11) is 1.42. The summed E-state index contributed by atoms with van der Waals surface area (Å²) in [5.74, 6) is -2.55. The highest BCUT2D eigenvalue weighted by molar-refractivity contribution is 5.95. The molecule has 0 spiro atoms. The minimum absolute atomic E-state index is 0.0164. The van der Waals surface area contributed by atoms with Crippen LogP contribution in [0.3, 0.4) is 0 Å². The van der Waals surface area contributed by atoms with Crippen LogP contribution in [0.2, 0.25) is 0 Å². The lowest BCUT2D eigenvalue weighted by Gasteiger charge is -2.25. The van der Waals surface area contributed by atoms with Crippen molar-refractivity contribution in [2.45, 2.75) is 19.4 Å². The Hall–Kier alpha value is -1.69. The van der Waals surface area contributed by atoms with Crippen LogP contribution in [-0.4, -0.2) is 35.1 Å². The summed E-state index contributed by atoms with van der Waals surface area (Å²) in [6.07, 6.45) is 0. The van der Waals surface area contributed by atoms with Gasteiger partial charge in [-0.1, -0.05) is 0 Å². The second-order valence-electron chi connectivity index (χ2n) is 4.83. The van der Waals surface area contributed by atoms with E-state index in [-0.39, 0.29) is 17.8 Å². The zero-order chi connectivity index (χ0) is 14.1. The van der Waals surface area contributed by atoms with Gasteiger partial charge in [0.1, 0.15) is 11.6 Å². The maximum absolute atomic E-state index is 13.5. The second kappa shape index (κ2) is 4.89. The predicted molar refractivity (Wildman–Crippen MR) is 64.0 cm³/mol. The Morgan fingerprint density at radius 2 is 1.94 bits per heavy atom. The van der Waals surface area contributed by atoms with Crippen LogP contribution in [0.5, 0.6) is 0 Å². The second-order valence-corrected chi connectivity index (χ2v) is 4.83. The minimum atomic E-state index is -1.10. The summed E-state index contributed by atoms with van der Waals surface area (Å²) in [5, 5.41) is 9.58. The molecule has 3 N–H and O–H groups in total. The van der Waals surface area contributed by atoms with Crippen molar-refractivity contribution in [1.29, 1.82) is 0 Å². The number of hydrogen-bond acceptors (Lipinski definition) is 3. The van der Waals surface area contributed by atoms with E-state index in [2.05, 4.69) is 0 Å². The molecule has 0 aliphatic carbocycles. The fourth-order valence-electron chi connectivity index (χ4n) is 1.59. The van der Waals surface area contributed by atoms with Gasteiger partial charge in [-0.3, -0.25) is 4.79 Å². The summed E-state index contributed by atoms with van der Waals surface area (Å²) in [5.41, 5.74) is 3.57. The first kappa shape index (κ1) is 14.4. The topological polar surface area (TPSA) is 66.6 Å². The molecule has 0 fully saturated rings. The van der Waals surface area contributed by atoms with Crippen LogP contribution < -0.4 is 5.73 Å². The molecule has 1 amide bonds. The Balaban J connectivity index is 3.01. The molecule has 0 unspecified atom stereocenters. The molecular formula is C12H16F2N2O2. The molecule has 0 heterocycles. The number of nitrogens with two attached hydrogens (primary N) is 1. The monoisotopic (exact) mass is 258 g/mol. The fourth-order valence-corrected chi connectivity index (χ4v) is 1.59. The van der Waals surface area contributed by atoms with E-state index >= 15 is 0 Å². The molecule has 0 aliphatic heterocycles. The molecule has 18 heavy (non-hydrogen) atoms. The van der Waals surface area contributed by atoms with Crippen LogP contribution in [0.25, 0.3) is 0 Å². The highest BCUT2D eigenvalue weighted by Crippen LogP contribution is 2.18. The van der Waals surface area contributed by atoms with Crippen LogP contribution in [0.15, 0.2) is 12.1 Å². The van der Waals surface area contributed by atoms with Crippen LogP contribution >= 0.6 is 0 Å². The molecule has 1 aromatic carbocycles. The Bertz CT molecular complexity index is 470. The van der Waals surface area contributed by atoms with Gasteiger partial charge >= 0.3 is 0 Å². The van der Waals surface area contributed by atoms with Crippen LogP contribution in [0, 0.1) is 11.6 Å². The number of nitrogens with zero attached hydrogens (tertiary/aromatic N) is 1. The number of carbonyl (C=O) groups excluding carboxylic acids is 1. The largest absolute Gasteiger partial charge is 0.396 e. The summed E-state index contributed by atoms with van der Waals surface area (Å²) >= 11 is 0. The zero-order valence-electron chi connectivity index (χ0n) is 10.5. The number of amides is 1. The summed E-state index contributed by atoms with van der Waals surface area (Å²) < 4.78 is 26.4. The Morgan fingerprint density at radius 1 is 1.39 bits per heavy atom. The van der Waals surface area contributed by atoms with Crippen molar-refractivity contribution < 1.29 is 18.7 Å². The number of nitrogen functional groups attached to an aromatic ring is 1. The van der Waals surface area contributed by atoms with Crippen molar-refractivity contribution in [3.63, 3.8) is 0 Å². The highest BCUT2D eigenvalue weighted by Gasteiger charge is 2.23. The van der Waals surface area contributed by atoms with Crippen molar-refractivity contribution in [3.05, 3.63) is 29.3 Å². The molecular weight excluding hydrogens is 242 g/mol. The Morgan fingerprint density at radius 3 is 2.44 bits per heavy atom. The number of anilines is 1. The van der Waals surface area contributed by atoms with Gasteiger partial charge in [0.25, 0.3) is 5.91 Å². The first-order chi connectivity index (χ1) is 8.11. The van der Waals surface area contributed by atoms with Gasteiger partial charge in [-0.15, -0.1) is 0 Å². The average Bonchev–Trinajstić information content (AvgIpc) is 2.20. The molecule has 0 saturated carbocycles. The predicted octanol–water partition coefficient (Wildman–Crippen LogP) is 1.39. The molecule has 6 heteroatoms. The van der Waals surface area contributed by atoms with E-state index in [1.807, 2.05) is 0 Å². The van der Waals surface area contributed by atoms with Crippen LogP contribution in [0.4, 0.5) is 14.5 Å². The van der Waals surface area contributed by atoms with Gasteiger partial charge < -0.3 is 15.7 Å². The number of rotatable bonds is 3. The third-order valence-corrected chi connectivity index (χ3v) is 2.29. The molecule has 1 aromatic rings. The van der Waals surface area contributed by atoms with Gasteiger partial charge in [0.15, 0.2) is 0 Å². The van der Waals surface area contributed by atoms with Crippen molar-refractivity contribution in [3.8, 4) is 0 Å². The number of benzene rings is 1. The summed E-state index contributed by atoms with van der Waals surface area (Å²) in [4.78, 5) is 13.1. The van der Waals surface area contributed by atoms with Gasteiger partial charge in [-0.25, -0.2) is 8.78 Å². The third-order valence-electron chi connectivity index (χ3n) is 2.29. The first-order valence-electron chi connectivity index (χ1n) is 5.34. The van der Waals surface area contributed by atoms with Gasteiger partial charge in [-0.05, 0) is 19.9 Å². The molecule has 0 aromatic heterocycles. The smallest absolute Gasteiger partial charge is 0.256 e. The van der Waals surface area contributed by atoms with Gasteiger partial charge in [0.05, 0.1) is 16.9 Å². The normalized spacial score (nSPS) is 11.4. The van der Waals surface area contributed by atoms with E-state index in [4.69, 9.17) is 5.73 Å². The van der Waals surface area contributed by atoms with Crippen molar-refractivity contribution in [1.82, 2.24) is 4.90 Å². The molecule has 0 bridgehead atoms. The SMILES string of the molecule is CN(CC(C)(C)O)C(=O)c1cc(N)c(F)cc1F. The lowest BCUT2D eigenvalue weighted by molar-refractivity contribution is 0.0365. The van der Waals surface area contributed by atoms with E-state index in [1.54, 1.807) is 0 Å². The first-order valence-corrected chi connectivity index (χ1v) is 5.34. The Labute approximate surface area is 104 Å². The number of carbonyl (C=O) groups is 1. The molecule has 0 radical (unpaired) electrons. The molecule has 100 valence electrons. The van der Waals surface area contributed by atoms with E-state index in [9.17, 15) is 18.7 Å². The van der Waals surface area contributed by atoms with Crippen molar-refractivity contribution in [2.75, 3.05) is 19.3 Å². The van der Waals surface area contributed by atoms with Gasteiger partial charge in [-0.2, -0.15) is 0 Å².